The second kappa shape index (κ2) is 4.97. The summed E-state index contributed by atoms with van der Waals surface area (Å²) in [4.78, 5) is 0. The predicted molar refractivity (Wildman–Crippen MR) is 81.5 cm³/mol. The average molecular weight is 270 g/mol. The maximum Gasteiger partial charge on any atom is 0.230 e. The van der Waals surface area contributed by atoms with Crippen LogP contribution in [0.4, 0.5) is 5.88 Å². The Morgan fingerprint density at radius 1 is 1.10 bits per heavy atom. The standard InChI is InChI=1S/C17H22N2O/c1-12-6-8-13(9-7-12)14-15(19-20-16(14)18)17(2)10-4-3-5-11-17/h6-9H,3-5,10-11,18H2,1-2H3. The van der Waals surface area contributed by atoms with Crippen molar-refractivity contribution in [1.82, 2.24) is 5.16 Å². The Hall–Kier alpha value is -1.77. The molecule has 0 amide bonds. The van der Waals surface area contributed by atoms with E-state index in [0.29, 0.717) is 5.88 Å². The SMILES string of the molecule is Cc1ccc(-c2c(C3(C)CCCCC3)noc2N)cc1. The van der Waals surface area contributed by atoms with Crippen LogP contribution in [-0.4, -0.2) is 5.16 Å². The van der Waals surface area contributed by atoms with E-state index in [9.17, 15) is 0 Å². The molecule has 2 aromatic rings. The molecule has 1 aromatic carbocycles. The van der Waals surface area contributed by atoms with Gasteiger partial charge in [-0.2, -0.15) is 0 Å². The van der Waals surface area contributed by atoms with Crippen molar-refractivity contribution < 1.29 is 4.52 Å². The molecule has 1 aliphatic rings. The largest absolute Gasteiger partial charge is 0.367 e. The summed E-state index contributed by atoms with van der Waals surface area (Å²) in [6, 6.07) is 8.42. The molecule has 3 nitrogen and oxygen atoms in total. The third-order valence-electron chi connectivity index (χ3n) is 4.59. The minimum atomic E-state index is 0.0968. The van der Waals surface area contributed by atoms with E-state index >= 15 is 0 Å². The molecule has 0 saturated heterocycles. The highest BCUT2D eigenvalue weighted by Crippen LogP contribution is 2.44. The molecule has 20 heavy (non-hydrogen) atoms. The lowest BCUT2D eigenvalue weighted by molar-refractivity contribution is 0.295. The van der Waals surface area contributed by atoms with Gasteiger partial charge in [0.1, 0.15) is 0 Å². The summed E-state index contributed by atoms with van der Waals surface area (Å²) in [5.74, 6) is 0.440. The first-order valence-electron chi connectivity index (χ1n) is 7.43. The number of benzene rings is 1. The van der Waals surface area contributed by atoms with Crippen LogP contribution in [0.1, 0.15) is 50.3 Å². The highest BCUT2D eigenvalue weighted by Gasteiger charge is 2.35. The minimum Gasteiger partial charge on any atom is -0.367 e. The van der Waals surface area contributed by atoms with E-state index in [2.05, 4.69) is 43.3 Å². The highest BCUT2D eigenvalue weighted by molar-refractivity contribution is 5.76. The van der Waals surface area contributed by atoms with Crippen molar-refractivity contribution >= 4 is 5.88 Å². The smallest absolute Gasteiger partial charge is 0.230 e. The molecule has 1 fully saturated rings. The normalized spacial score (nSPS) is 18.1. The van der Waals surface area contributed by atoms with Crippen LogP contribution in [0, 0.1) is 6.92 Å². The number of hydrogen-bond donors (Lipinski definition) is 1. The summed E-state index contributed by atoms with van der Waals surface area (Å²) in [6.45, 7) is 4.38. The molecule has 0 bridgehead atoms. The van der Waals surface area contributed by atoms with Crippen LogP contribution in [0.3, 0.4) is 0 Å². The van der Waals surface area contributed by atoms with Crippen LogP contribution >= 0.6 is 0 Å². The summed E-state index contributed by atoms with van der Waals surface area (Å²) in [5, 5.41) is 4.31. The Bertz CT molecular complexity index is 592. The fraction of sp³-hybridized carbons (Fsp3) is 0.471. The molecule has 0 atom stereocenters. The quantitative estimate of drug-likeness (QED) is 0.876. The molecule has 0 radical (unpaired) electrons. The summed E-state index contributed by atoms with van der Waals surface area (Å²) >= 11 is 0. The second-order valence-corrected chi connectivity index (χ2v) is 6.26. The van der Waals surface area contributed by atoms with Gasteiger partial charge in [0, 0.05) is 5.41 Å². The van der Waals surface area contributed by atoms with Gasteiger partial charge in [-0.25, -0.2) is 0 Å². The minimum absolute atomic E-state index is 0.0968. The van der Waals surface area contributed by atoms with Crippen molar-refractivity contribution in [3.63, 3.8) is 0 Å². The number of anilines is 1. The van der Waals surface area contributed by atoms with E-state index in [1.807, 2.05) is 0 Å². The van der Waals surface area contributed by atoms with Gasteiger partial charge in [0.05, 0.1) is 11.3 Å². The monoisotopic (exact) mass is 270 g/mol. The highest BCUT2D eigenvalue weighted by atomic mass is 16.5. The van der Waals surface area contributed by atoms with Crippen molar-refractivity contribution in [2.75, 3.05) is 5.73 Å². The van der Waals surface area contributed by atoms with Crippen molar-refractivity contribution in [2.24, 2.45) is 0 Å². The lowest BCUT2D eigenvalue weighted by Crippen LogP contribution is -2.26. The second-order valence-electron chi connectivity index (χ2n) is 6.26. The number of aromatic nitrogens is 1. The van der Waals surface area contributed by atoms with E-state index in [4.69, 9.17) is 10.3 Å². The number of rotatable bonds is 2. The first-order valence-corrected chi connectivity index (χ1v) is 7.43. The number of aryl methyl sites for hydroxylation is 1. The Balaban J connectivity index is 2.07. The Kier molecular flexibility index (Phi) is 3.28. The van der Waals surface area contributed by atoms with Gasteiger partial charge in [-0.15, -0.1) is 0 Å². The maximum absolute atomic E-state index is 6.05. The van der Waals surface area contributed by atoms with Crippen molar-refractivity contribution in [1.29, 1.82) is 0 Å². The third-order valence-corrected chi connectivity index (χ3v) is 4.59. The van der Waals surface area contributed by atoms with Crippen LogP contribution in [-0.2, 0) is 5.41 Å². The van der Waals surface area contributed by atoms with Crippen LogP contribution in [0.25, 0.3) is 11.1 Å². The first-order chi connectivity index (χ1) is 9.60. The molecule has 3 rings (SSSR count). The van der Waals surface area contributed by atoms with Crippen LogP contribution in [0.2, 0.25) is 0 Å². The van der Waals surface area contributed by atoms with Crippen LogP contribution in [0.15, 0.2) is 28.8 Å². The topological polar surface area (TPSA) is 52.0 Å². The molecule has 1 heterocycles. The number of nitrogens with zero attached hydrogens (tertiary/aromatic N) is 1. The van der Waals surface area contributed by atoms with Gasteiger partial charge in [0.2, 0.25) is 5.88 Å². The molecule has 1 saturated carbocycles. The predicted octanol–water partition coefficient (Wildman–Crippen LogP) is 4.45. The lowest BCUT2D eigenvalue weighted by Gasteiger charge is -2.32. The molecule has 0 unspecified atom stereocenters. The van der Waals surface area contributed by atoms with Crippen LogP contribution < -0.4 is 5.73 Å². The van der Waals surface area contributed by atoms with E-state index in [1.54, 1.807) is 0 Å². The van der Waals surface area contributed by atoms with Gasteiger partial charge >= 0.3 is 0 Å². The van der Waals surface area contributed by atoms with Gasteiger partial charge in [-0.3, -0.25) is 0 Å². The molecule has 2 N–H and O–H groups in total. The molecular weight excluding hydrogens is 248 g/mol. The Morgan fingerprint density at radius 2 is 1.75 bits per heavy atom. The number of hydrogen-bond acceptors (Lipinski definition) is 3. The molecule has 1 aliphatic carbocycles. The van der Waals surface area contributed by atoms with Gasteiger partial charge in [-0.05, 0) is 25.3 Å². The molecule has 3 heteroatoms. The Labute approximate surface area is 120 Å². The van der Waals surface area contributed by atoms with Crippen molar-refractivity contribution in [3.8, 4) is 11.1 Å². The third kappa shape index (κ3) is 2.21. The average Bonchev–Trinajstić information content (AvgIpc) is 2.83. The molecular formula is C17H22N2O. The number of nitrogens with two attached hydrogens (primary N) is 1. The fourth-order valence-electron chi connectivity index (χ4n) is 3.28. The van der Waals surface area contributed by atoms with Crippen LogP contribution in [0.5, 0.6) is 0 Å². The van der Waals surface area contributed by atoms with E-state index in [0.717, 1.165) is 29.7 Å². The van der Waals surface area contributed by atoms with Gasteiger partial charge < -0.3 is 10.3 Å². The zero-order chi connectivity index (χ0) is 14.2. The van der Waals surface area contributed by atoms with E-state index in [-0.39, 0.29) is 5.41 Å². The molecule has 0 spiro atoms. The van der Waals surface area contributed by atoms with Gasteiger partial charge in [-0.1, -0.05) is 61.2 Å². The zero-order valence-electron chi connectivity index (χ0n) is 12.3. The summed E-state index contributed by atoms with van der Waals surface area (Å²) in [5.41, 5.74) is 10.5. The number of nitrogen functional groups attached to an aromatic ring is 1. The molecule has 0 aliphatic heterocycles. The maximum atomic E-state index is 6.05. The fourth-order valence-corrected chi connectivity index (χ4v) is 3.28. The summed E-state index contributed by atoms with van der Waals surface area (Å²) < 4.78 is 5.33. The lowest BCUT2D eigenvalue weighted by atomic mass is 9.72. The summed E-state index contributed by atoms with van der Waals surface area (Å²) in [7, 11) is 0. The summed E-state index contributed by atoms with van der Waals surface area (Å²) in [6.07, 6.45) is 6.17. The van der Waals surface area contributed by atoms with E-state index in [1.165, 1.54) is 24.8 Å². The van der Waals surface area contributed by atoms with Gasteiger partial charge in [0.25, 0.3) is 0 Å². The van der Waals surface area contributed by atoms with Crippen molar-refractivity contribution in [2.45, 2.75) is 51.4 Å². The van der Waals surface area contributed by atoms with Crippen molar-refractivity contribution in [3.05, 3.63) is 35.5 Å². The first kappa shape index (κ1) is 13.2. The molecule has 1 aromatic heterocycles. The van der Waals surface area contributed by atoms with E-state index < -0.39 is 0 Å². The molecule has 106 valence electrons. The zero-order valence-corrected chi connectivity index (χ0v) is 12.3. The Morgan fingerprint density at radius 3 is 2.40 bits per heavy atom. The van der Waals surface area contributed by atoms with Gasteiger partial charge in [0.15, 0.2) is 0 Å².